The number of carboxylic acid groups (broad SMARTS) is 1. The first-order valence-electron chi connectivity index (χ1n) is 9.01. The summed E-state index contributed by atoms with van der Waals surface area (Å²) < 4.78 is 40.1. The molecule has 0 bridgehead atoms. The molecule has 1 aromatic carbocycles. The summed E-state index contributed by atoms with van der Waals surface area (Å²) in [6, 6.07) is 3.93. The Kier molecular flexibility index (Phi) is 5.88. The molecule has 30 heavy (non-hydrogen) atoms. The minimum atomic E-state index is -4.61. The molecule has 0 spiro atoms. The number of nitrogens with two attached hydrogens (primary N) is 2. The molecule has 0 saturated carbocycles. The SMILES string of the molecule is CC1(NC(=O)O)CCN(c2cnc(Sc3cccc(N)c3C(F)(F)F)c(N)n2)CC1. The fourth-order valence-corrected chi connectivity index (χ4v) is 4.21. The number of rotatable bonds is 4. The minimum absolute atomic E-state index is 0.00467. The third kappa shape index (κ3) is 4.81. The van der Waals surface area contributed by atoms with Crippen LogP contribution in [-0.4, -0.2) is 39.8 Å². The van der Waals surface area contributed by atoms with Crippen LogP contribution in [0.15, 0.2) is 34.3 Å². The summed E-state index contributed by atoms with van der Waals surface area (Å²) in [5, 5.41) is 11.6. The van der Waals surface area contributed by atoms with E-state index in [0.29, 0.717) is 31.7 Å². The number of nitrogens with one attached hydrogen (secondary N) is 1. The molecule has 162 valence electrons. The largest absolute Gasteiger partial charge is 0.465 e. The molecule has 2 aromatic rings. The molecule has 1 aromatic heterocycles. The Balaban J connectivity index is 1.76. The van der Waals surface area contributed by atoms with E-state index in [4.69, 9.17) is 16.6 Å². The summed E-state index contributed by atoms with van der Waals surface area (Å²) in [6.45, 7) is 2.90. The lowest BCUT2D eigenvalue weighted by molar-refractivity contribution is -0.139. The highest BCUT2D eigenvalue weighted by molar-refractivity contribution is 7.99. The molecule has 8 nitrogen and oxygen atoms in total. The number of nitrogens with zero attached hydrogens (tertiary/aromatic N) is 3. The molecule has 1 saturated heterocycles. The van der Waals surface area contributed by atoms with Crippen molar-refractivity contribution in [2.45, 2.75) is 41.4 Å². The zero-order valence-corrected chi connectivity index (χ0v) is 16.8. The normalized spacial score (nSPS) is 16.3. The van der Waals surface area contributed by atoms with Gasteiger partial charge >= 0.3 is 12.3 Å². The minimum Gasteiger partial charge on any atom is -0.465 e. The first kappa shape index (κ1) is 21.8. The molecule has 6 N–H and O–H groups in total. The van der Waals surface area contributed by atoms with E-state index in [2.05, 4.69) is 15.3 Å². The lowest BCUT2D eigenvalue weighted by Gasteiger charge is -2.39. The fourth-order valence-electron chi connectivity index (χ4n) is 3.27. The highest BCUT2D eigenvalue weighted by Gasteiger charge is 2.36. The monoisotopic (exact) mass is 442 g/mol. The second-order valence-electron chi connectivity index (χ2n) is 7.22. The third-order valence-electron chi connectivity index (χ3n) is 4.90. The van der Waals surface area contributed by atoms with E-state index in [0.717, 1.165) is 11.8 Å². The van der Waals surface area contributed by atoms with Crippen LogP contribution in [0.1, 0.15) is 25.3 Å². The predicted octanol–water partition coefficient (Wildman–Crippen LogP) is 3.44. The fraction of sp³-hybridized carbons (Fsp3) is 0.389. The molecular weight excluding hydrogens is 421 g/mol. The Morgan fingerprint density at radius 2 is 1.97 bits per heavy atom. The number of aromatic nitrogens is 2. The van der Waals surface area contributed by atoms with Crippen LogP contribution in [0, 0.1) is 0 Å². The zero-order valence-electron chi connectivity index (χ0n) is 16.0. The highest BCUT2D eigenvalue weighted by atomic mass is 32.2. The van der Waals surface area contributed by atoms with E-state index in [9.17, 15) is 18.0 Å². The number of hydrogen-bond acceptors (Lipinski definition) is 7. The van der Waals surface area contributed by atoms with Gasteiger partial charge in [0.25, 0.3) is 0 Å². The molecule has 2 heterocycles. The summed E-state index contributed by atoms with van der Waals surface area (Å²) >= 11 is 0.751. The summed E-state index contributed by atoms with van der Waals surface area (Å²) in [4.78, 5) is 21.2. The average molecular weight is 442 g/mol. The van der Waals surface area contributed by atoms with Gasteiger partial charge in [0, 0.05) is 29.2 Å². The average Bonchev–Trinajstić information content (AvgIpc) is 2.62. The van der Waals surface area contributed by atoms with Gasteiger partial charge in [0.05, 0.1) is 11.8 Å². The number of halogens is 3. The van der Waals surface area contributed by atoms with Gasteiger partial charge in [-0.1, -0.05) is 17.8 Å². The summed E-state index contributed by atoms with van der Waals surface area (Å²) in [5.41, 5.74) is 9.66. The third-order valence-corrected chi connectivity index (χ3v) is 5.97. The van der Waals surface area contributed by atoms with Gasteiger partial charge in [-0.15, -0.1) is 0 Å². The van der Waals surface area contributed by atoms with Gasteiger partial charge in [-0.2, -0.15) is 13.2 Å². The Morgan fingerprint density at radius 1 is 1.30 bits per heavy atom. The molecule has 1 amide bonds. The van der Waals surface area contributed by atoms with Crippen molar-refractivity contribution in [2.24, 2.45) is 0 Å². The smallest absolute Gasteiger partial charge is 0.419 e. The molecule has 0 aliphatic carbocycles. The molecule has 0 radical (unpaired) electrons. The molecule has 0 atom stereocenters. The number of nitrogen functional groups attached to an aromatic ring is 2. The van der Waals surface area contributed by atoms with Crippen molar-refractivity contribution >= 4 is 35.2 Å². The maximum atomic E-state index is 13.4. The number of hydrogen-bond donors (Lipinski definition) is 4. The van der Waals surface area contributed by atoms with Gasteiger partial charge in [-0.25, -0.2) is 14.8 Å². The van der Waals surface area contributed by atoms with Gasteiger partial charge in [-0.05, 0) is 31.9 Å². The Hall–Kier alpha value is -2.89. The first-order valence-corrected chi connectivity index (χ1v) is 9.82. The van der Waals surface area contributed by atoms with Crippen molar-refractivity contribution in [1.82, 2.24) is 15.3 Å². The summed E-state index contributed by atoms with van der Waals surface area (Å²) in [6.07, 6.45) is -3.10. The lowest BCUT2D eigenvalue weighted by atomic mass is 9.90. The van der Waals surface area contributed by atoms with Crippen LogP contribution in [0.25, 0.3) is 0 Å². The Morgan fingerprint density at radius 3 is 2.53 bits per heavy atom. The summed E-state index contributed by atoms with van der Waals surface area (Å²) in [7, 11) is 0. The first-order chi connectivity index (χ1) is 14.0. The maximum Gasteiger partial charge on any atom is 0.419 e. The van der Waals surface area contributed by atoms with E-state index in [1.807, 2.05) is 11.8 Å². The number of benzene rings is 1. The number of piperidine rings is 1. The van der Waals surface area contributed by atoms with Gasteiger partial charge in [-0.3, -0.25) is 0 Å². The van der Waals surface area contributed by atoms with E-state index < -0.39 is 23.4 Å². The highest BCUT2D eigenvalue weighted by Crippen LogP contribution is 2.43. The van der Waals surface area contributed by atoms with E-state index >= 15 is 0 Å². The van der Waals surface area contributed by atoms with Crippen LogP contribution >= 0.6 is 11.8 Å². The van der Waals surface area contributed by atoms with Crippen molar-refractivity contribution in [3.8, 4) is 0 Å². The van der Waals surface area contributed by atoms with Crippen LogP contribution < -0.4 is 21.7 Å². The van der Waals surface area contributed by atoms with Gasteiger partial charge in [0.1, 0.15) is 10.8 Å². The summed E-state index contributed by atoms with van der Waals surface area (Å²) in [5.74, 6) is 0.489. The molecular formula is C18H21F3N6O2S. The standard InChI is InChI=1S/C18H21F3N6O2S/c1-17(26-16(28)29)5-7-27(8-6-17)12-9-24-15(14(23)25-12)30-11-4-2-3-10(22)13(11)18(19,20)21/h2-4,9,26H,5-8,22H2,1H3,(H2,23,25)(H,28,29). The van der Waals surface area contributed by atoms with Gasteiger partial charge < -0.3 is 26.8 Å². The Bertz CT molecular complexity index is 948. The van der Waals surface area contributed by atoms with Gasteiger partial charge in [0.2, 0.25) is 0 Å². The second-order valence-corrected chi connectivity index (χ2v) is 8.25. The number of anilines is 3. The molecule has 0 unspecified atom stereocenters. The van der Waals surface area contributed by atoms with Crippen LogP contribution in [-0.2, 0) is 6.18 Å². The Labute approximate surface area is 174 Å². The van der Waals surface area contributed by atoms with Crippen molar-refractivity contribution < 1.29 is 23.1 Å². The van der Waals surface area contributed by atoms with Crippen LogP contribution in [0.4, 0.5) is 35.3 Å². The number of alkyl halides is 3. The van der Waals surface area contributed by atoms with E-state index in [1.54, 1.807) is 0 Å². The number of amides is 1. The van der Waals surface area contributed by atoms with Crippen molar-refractivity contribution in [2.75, 3.05) is 29.5 Å². The maximum absolute atomic E-state index is 13.4. The molecule has 1 aliphatic heterocycles. The second kappa shape index (κ2) is 8.09. The van der Waals surface area contributed by atoms with E-state index in [-0.39, 0.29) is 21.4 Å². The molecule has 1 fully saturated rings. The van der Waals surface area contributed by atoms with Gasteiger partial charge in [0.15, 0.2) is 5.82 Å². The molecule has 3 rings (SSSR count). The zero-order chi connectivity index (χ0) is 22.1. The predicted molar refractivity (Wildman–Crippen MR) is 107 cm³/mol. The lowest BCUT2D eigenvalue weighted by Crippen LogP contribution is -2.53. The molecule has 1 aliphatic rings. The van der Waals surface area contributed by atoms with Crippen molar-refractivity contribution in [3.05, 3.63) is 30.0 Å². The van der Waals surface area contributed by atoms with Crippen LogP contribution in [0.3, 0.4) is 0 Å². The quantitative estimate of drug-likeness (QED) is 0.530. The number of carbonyl (C=O) groups is 1. The topological polar surface area (TPSA) is 130 Å². The van der Waals surface area contributed by atoms with E-state index in [1.165, 1.54) is 24.4 Å². The van der Waals surface area contributed by atoms with Crippen molar-refractivity contribution in [1.29, 1.82) is 0 Å². The van der Waals surface area contributed by atoms with Crippen molar-refractivity contribution in [3.63, 3.8) is 0 Å². The molecule has 12 heteroatoms. The van der Waals surface area contributed by atoms with Crippen LogP contribution in [0.5, 0.6) is 0 Å². The van der Waals surface area contributed by atoms with Crippen LogP contribution in [0.2, 0.25) is 0 Å².